The number of urea groups is 1. The van der Waals surface area contributed by atoms with Gasteiger partial charge >= 0.3 is 6.03 Å². The lowest BCUT2D eigenvalue weighted by atomic mass is 9.99. The Hall–Kier alpha value is -4.05. The van der Waals surface area contributed by atoms with Gasteiger partial charge in [0.25, 0.3) is 0 Å². The van der Waals surface area contributed by atoms with E-state index in [4.69, 9.17) is 5.73 Å². The number of rotatable bonds is 10. The van der Waals surface area contributed by atoms with E-state index >= 15 is 0 Å². The summed E-state index contributed by atoms with van der Waals surface area (Å²) < 4.78 is 0. The molecule has 3 aromatic rings. The topological polar surface area (TPSA) is 116 Å². The van der Waals surface area contributed by atoms with E-state index < -0.39 is 0 Å². The number of carbonyl (C=O) groups is 2. The summed E-state index contributed by atoms with van der Waals surface area (Å²) in [6.07, 6.45) is 8.72. The van der Waals surface area contributed by atoms with Gasteiger partial charge in [-0.1, -0.05) is 42.5 Å². The molecule has 5 rings (SSSR count). The lowest BCUT2D eigenvalue weighted by molar-refractivity contribution is -0.118. The number of nitrogens with one attached hydrogen (secondary N) is 2. The van der Waals surface area contributed by atoms with Crippen LogP contribution in [0, 0.1) is 0 Å². The lowest BCUT2D eigenvalue weighted by Crippen LogP contribution is -2.46. The van der Waals surface area contributed by atoms with Gasteiger partial charge in [-0.3, -0.25) is 14.7 Å². The molecule has 0 saturated heterocycles. The highest BCUT2D eigenvalue weighted by molar-refractivity contribution is 7.80. The molecule has 4 N–H and O–H groups in total. The molecule has 1 saturated carbocycles. The summed E-state index contributed by atoms with van der Waals surface area (Å²) in [5.41, 5.74) is 8.36. The van der Waals surface area contributed by atoms with E-state index in [2.05, 4.69) is 45.5 Å². The summed E-state index contributed by atoms with van der Waals surface area (Å²) in [6.45, 7) is 1.69. The molecule has 1 aromatic heterocycles. The highest BCUT2D eigenvalue weighted by Crippen LogP contribution is 2.30. The monoisotopic (exact) mass is 585 g/mol. The van der Waals surface area contributed by atoms with Gasteiger partial charge in [0.15, 0.2) is 0 Å². The molecule has 220 valence electrons. The molecule has 0 bridgehead atoms. The zero-order valence-corrected chi connectivity index (χ0v) is 24.6. The quantitative estimate of drug-likeness (QED) is 0.194. The Morgan fingerprint density at radius 1 is 1.00 bits per heavy atom. The minimum Gasteiger partial charge on any atom is -0.370 e. The number of hydrogen-bond acceptors (Lipinski definition) is 7. The second-order valence-corrected chi connectivity index (χ2v) is 11.5. The van der Waals surface area contributed by atoms with Gasteiger partial charge in [0.05, 0.1) is 0 Å². The molecule has 3 amide bonds. The number of primary amides is 1. The van der Waals surface area contributed by atoms with Crippen LogP contribution in [0.25, 0.3) is 0 Å². The summed E-state index contributed by atoms with van der Waals surface area (Å²) in [6, 6.07) is 22.4. The molecular weight excluding hydrogens is 546 g/mol. The Morgan fingerprint density at radius 2 is 1.81 bits per heavy atom. The minimum absolute atomic E-state index is 0.0727. The molecule has 10 heteroatoms. The number of amides is 3. The van der Waals surface area contributed by atoms with Crippen molar-refractivity contribution in [2.24, 2.45) is 10.8 Å². The average Bonchev–Trinajstić information content (AvgIpc) is 3.37. The first-order valence-electron chi connectivity index (χ1n) is 14.6. The summed E-state index contributed by atoms with van der Waals surface area (Å²) in [7, 11) is 0. The van der Waals surface area contributed by atoms with Gasteiger partial charge in [-0.2, -0.15) is 5.10 Å². The molecule has 1 aliphatic carbocycles. The van der Waals surface area contributed by atoms with Crippen LogP contribution in [0.15, 0.2) is 82.9 Å². The van der Waals surface area contributed by atoms with Crippen LogP contribution in [0.3, 0.4) is 0 Å². The molecule has 9 nitrogen and oxygen atoms in total. The highest BCUT2D eigenvalue weighted by Gasteiger charge is 2.29. The number of nitrogens with zero attached hydrogens (tertiary/aromatic N) is 4. The number of pyridine rings is 1. The van der Waals surface area contributed by atoms with Crippen LogP contribution in [0.4, 0.5) is 16.3 Å². The average molecular weight is 586 g/mol. The number of thiol groups is 1. The fourth-order valence-corrected chi connectivity index (χ4v) is 5.81. The number of nitrogens with two attached hydrogens (primary N) is 1. The van der Waals surface area contributed by atoms with E-state index in [-0.39, 0.29) is 30.3 Å². The van der Waals surface area contributed by atoms with Crippen molar-refractivity contribution in [3.8, 4) is 0 Å². The highest BCUT2D eigenvalue weighted by atomic mass is 32.1. The largest absolute Gasteiger partial charge is 0.370 e. The van der Waals surface area contributed by atoms with Crippen molar-refractivity contribution >= 4 is 42.3 Å². The first kappa shape index (κ1) is 29.4. The SMILES string of the molecule is NC(=O)CCN1CC(c2ccc(N(C(=O)NCc3ccccc3)C3CCC[C@H](Nc4ccc(S)cn4)CC3)cc2)C=N1. The van der Waals surface area contributed by atoms with E-state index in [0.717, 1.165) is 59.6 Å². The number of hydrogen-bond donors (Lipinski definition) is 4. The van der Waals surface area contributed by atoms with Crippen molar-refractivity contribution in [2.75, 3.05) is 23.3 Å². The second-order valence-electron chi connectivity index (χ2n) is 11.0. The molecule has 2 aliphatic rings. The lowest BCUT2D eigenvalue weighted by Gasteiger charge is -2.32. The van der Waals surface area contributed by atoms with Crippen molar-refractivity contribution in [3.63, 3.8) is 0 Å². The van der Waals surface area contributed by atoms with Crippen molar-refractivity contribution in [1.82, 2.24) is 15.3 Å². The van der Waals surface area contributed by atoms with E-state index in [9.17, 15) is 9.59 Å². The van der Waals surface area contributed by atoms with Crippen LogP contribution in [-0.2, 0) is 11.3 Å². The Balaban J connectivity index is 1.28. The maximum absolute atomic E-state index is 13.8. The maximum Gasteiger partial charge on any atom is 0.322 e. The summed E-state index contributed by atoms with van der Waals surface area (Å²) >= 11 is 4.34. The standard InChI is InChI=1S/C32H39N7O2S/c33-30(40)17-18-38-22-25(20-36-38)24-9-12-28(13-10-24)39(32(41)35-19-23-5-2-1-3-6-23)27-8-4-7-26(11-14-27)37-31-16-15-29(42)21-34-31/h1-3,5-6,9-10,12-13,15-16,20-21,25-27,42H,4,7-8,11,14,17-19,22H2,(H2,33,40)(H,34,37)(H,35,41)/t25?,26-,27?/m0/s1. The predicted molar refractivity (Wildman–Crippen MR) is 170 cm³/mol. The first-order chi connectivity index (χ1) is 20.4. The number of aromatic nitrogens is 1. The van der Waals surface area contributed by atoms with Crippen LogP contribution in [0.1, 0.15) is 55.6 Å². The third-order valence-electron chi connectivity index (χ3n) is 7.94. The van der Waals surface area contributed by atoms with E-state index in [1.54, 1.807) is 6.20 Å². The van der Waals surface area contributed by atoms with Gasteiger partial charge in [-0.25, -0.2) is 9.78 Å². The van der Waals surface area contributed by atoms with Crippen LogP contribution in [0.2, 0.25) is 0 Å². The summed E-state index contributed by atoms with van der Waals surface area (Å²) in [5.74, 6) is 0.656. The van der Waals surface area contributed by atoms with Crippen LogP contribution >= 0.6 is 12.6 Å². The number of benzene rings is 2. The molecule has 42 heavy (non-hydrogen) atoms. The Bertz CT molecular complexity index is 1350. The number of carbonyl (C=O) groups excluding carboxylic acids is 2. The zero-order chi connectivity index (χ0) is 29.3. The second kappa shape index (κ2) is 14.2. The minimum atomic E-state index is -0.326. The third-order valence-corrected chi connectivity index (χ3v) is 8.21. The van der Waals surface area contributed by atoms with Crippen LogP contribution in [0.5, 0.6) is 0 Å². The molecule has 2 aromatic carbocycles. The normalized spacial score (nSPS) is 20.1. The fraction of sp³-hybridized carbons (Fsp3) is 0.375. The molecule has 1 fully saturated rings. The van der Waals surface area contributed by atoms with Gasteiger partial charge < -0.3 is 16.4 Å². The van der Waals surface area contributed by atoms with Gasteiger partial charge in [-0.15, -0.1) is 12.6 Å². The number of hydrazone groups is 1. The fourth-order valence-electron chi connectivity index (χ4n) is 5.68. The van der Waals surface area contributed by atoms with Gasteiger partial charge in [0.2, 0.25) is 5.91 Å². The van der Waals surface area contributed by atoms with Crippen molar-refractivity contribution < 1.29 is 9.59 Å². The maximum atomic E-state index is 13.8. The molecule has 2 unspecified atom stereocenters. The predicted octanol–water partition coefficient (Wildman–Crippen LogP) is 5.16. The molecule has 3 atom stereocenters. The molecule has 0 radical (unpaired) electrons. The van der Waals surface area contributed by atoms with Gasteiger partial charge in [0.1, 0.15) is 5.82 Å². The van der Waals surface area contributed by atoms with Crippen molar-refractivity contribution in [2.45, 2.75) is 68.0 Å². The van der Waals surface area contributed by atoms with Crippen molar-refractivity contribution in [3.05, 3.63) is 84.1 Å². The molecule has 1 aliphatic heterocycles. The van der Waals surface area contributed by atoms with Gasteiger partial charge in [0, 0.05) is 67.1 Å². The van der Waals surface area contributed by atoms with Gasteiger partial charge in [-0.05, 0) is 67.5 Å². The first-order valence-corrected chi connectivity index (χ1v) is 15.1. The third kappa shape index (κ3) is 8.03. The van der Waals surface area contributed by atoms with E-state index in [0.29, 0.717) is 25.7 Å². The van der Waals surface area contributed by atoms with E-state index in [1.807, 2.05) is 70.7 Å². The smallest absolute Gasteiger partial charge is 0.322 e. The number of anilines is 2. The Kier molecular flexibility index (Phi) is 9.97. The van der Waals surface area contributed by atoms with E-state index in [1.165, 1.54) is 0 Å². The van der Waals surface area contributed by atoms with Crippen molar-refractivity contribution in [1.29, 1.82) is 0 Å². The Labute approximate surface area is 253 Å². The van der Waals surface area contributed by atoms with Crippen LogP contribution < -0.4 is 21.3 Å². The molecule has 0 spiro atoms. The zero-order valence-electron chi connectivity index (χ0n) is 23.7. The van der Waals surface area contributed by atoms with Crippen LogP contribution in [-0.4, -0.2) is 53.3 Å². The Morgan fingerprint density at radius 3 is 2.55 bits per heavy atom. The summed E-state index contributed by atoms with van der Waals surface area (Å²) in [4.78, 5) is 32.2. The molecule has 2 heterocycles. The molecular formula is C32H39N7O2S. The summed E-state index contributed by atoms with van der Waals surface area (Å²) in [5, 5.41) is 13.1.